The van der Waals surface area contributed by atoms with Crippen LogP contribution in [0.5, 0.6) is 0 Å². The van der Waals surface area contributed by atoms with Crippen LogP contribution in [0.1, 0.15) is 0 Å². The van der Waals surface area contributed by atoms with Gasteiger partial charge in [-0.1, -0.05) is 0 Å². The number of amides is 1. The third-order valence-electron chi connectivity index (χ3n) is 1.87. The molecule has 1 amide bonds. The highest BCUT2D eigenvalue weighted by Crippen LogP contribution is 1.79. The first-order valence-corrected chi connectivity index (χ1v) is 6.00. The predicted molar refractivity (Wildman–Crippen MR) is 66.4 cm³/mol. The van der Waals surface area contributed by atoms with Gasteiger partial charge in [-0.05, 0) is 0 Å². The van der Waals surface area contributed by atoms with Gasteiger partial charge in [-0.25, -0.2) is 0 Å². The molecule has 0 rings (SSSR count). The summed E-state index contributed by atoms with van der Waals surface area (Å²) in [4.78, 5) is 11.2. The van der Waals surface area contributed by atoms with Gasteiger partial charge in [0.15, 0.2) is 0 Å². The van der Waals surface area contributed by atoms with Gasteiger partial charge < -0.3 is 30.0 Å². The lowest BCUT2D eigenvalue weighted by atomic mass is 10.6. The smallest absolute Gasteiger partial charge is 0.246 e. The van der Waals surface area contributed by atoms with E-state index in [0.717, 1.165) is 0 Å². The summed E-state index contributed by atoms with van der Waals surface area (Å²) in [6.45, 7) is 3.93. The molecule has 0 heterocycles. The molecule has 0 bridgehead atoms. The summed E-state index contributed by atoms with van der Waals surface area (Å²) in [5.74, 6) is -0.158. The van der Waals surface area contributed by atoms with Crippen LogP contribution in [0, 0.1) is 0 Å². The van der Waals surface area contributed by atoms with Crippen LogP contribution < -0.4 is 11.1 Å². The molecule has 18 heavy (non-hydrogen) atoms. The molecule has 0 saturated carbocycles. The van der Waals surface area contributed by atoms with E-state index in [-0.39, 0.29) is 12.5 Å². The van der Waals surface area contributed by atoms with E-state index in [1.165, 1.54) is 0 Å². The molecule has 0 saturated heterocycles. The SMILES string of the molecule is COCCOCC(=O)NCCOCCOCCN. The summed E-state index contributed by atoms with van der Waals surface area (Å²) in [5, 5.41) is 2.67. The second-order valence-corrected chi connectivity index (χ2v) is 3.41. The van der Waals surface area contributed by atoms with Gasteiger partial charge in [-0.3, -0.25) is 4.79 Å². The van der Waals surface area contributed by atoms with Crippen molar-refractivity contribution in [1.82, 2.24) is 5.32 Å². The number of hydrogen-bond donors (Lipinski definition) is 2. The summed E-state index contributed by atoms with van der Waals surface area (Å²) in [5.41, 5.74) is 5.25. The Balaban J connectivity index is 3.10. The average Bonchev–Trinajstić information content (AvgIpc) is 2.38. The Morgan fingerprint density at radius 2 is 1.67 bits per heavy atom. The van der Waals surface area contributed by atoms with Crippen molar-refractivity contribution in [3.63, 3.8) is 0 Å². The molecule has 7 nitrogen and oxygen atoms in total. The highest BCUT2D eigenvalue weighted by molar-refractivity contribution is 5.77. The van der Waals surface area contributed by atoms with Crippen LogP contribution in [-0.4, -0.2) is 72.4 Å². The molecule has 0 aromatic heterocycles. The van der Waals surface area contributed by atoms with E-state index in [1.54, 1.807) is 7.11 Å². The van der Waals surface area contributed by atoms with Crippen LogP contribution in [0.25, 0.3) is 0 Å². The minimum atomic E-state index is -0.158. The zero-order chi connectivity index (χ0) is 13.5. The van der Waals surface area contributed by atoms with Gasteiger partial charge in [0.1, 0.15) is 6.61 Å². The van der Waals surface area contributed by atoms with E-state index in [4.69, 9.17) is 24.7 Å². The van der Waals surface area contributed by atoms with Crippen LogP contribution in [0.15, 0.2) is 0 Å². The largest absolute Gasteiger partial charge is 0.382 e. The summed E-state index contributed by atoms with van der Waals surface area (Å²) < 4.78 is 20.2. The molecule has 7 heteroatoms. The van der Waals surface area contributed by atoms with Crippen molar-refractivity contribution >= 4 is 5.91 Å². The second-order valence-electron chi connectivity index (χ2n) is 3.41. The fourth-order valence-electron chi connectivity index (χ4n) is 1.03. The van der Waals surface area contributed by atoms with E-state index >= 15 is 0 Å². The fourth-order valence-corrected chi connectivity index (χ4v) is 1.03. The quantitative estimate of drug-likeness (QED) is 0.404. The minimum Gasteiger partial charge on any atom is -0.382 e. The molecule has 0 unspecified atom stereocenters. The first kappa shape index (κ1) is 17.3. The van der Waals surface area contributed by atoms with Gasteiger partial charge in [0.2, 0.25) is 5.91 Å². The zero-order valence-electron chi connectivity index (χ0n) is 11.0. The third-order valence-corrected chi connectivity index (χ3v) is 1.87. The molecule has 0 aliphatic heterocycles. The van der Waals surface area contributed by atoms with Crippen LogP contribution in [0.2, 0.25) is 0 Å². The van der Waals surface area contributed by atoms with Crippen molar-refractivity contribution < 1.29 is 23.7 Å². The van der Waals surface area contributed by atoms with Crippen molar-refractivity contribution in [2.75, 3.05) is 66.4 Å². The lowest BCUT2D eigenvalue weighted by Gasteiger charge is -2.07. The Kier molecular flexibility index (Phi) is 13.8. The van der Waals surface area contributed by atoms with Gasteiger partial charge >= 0.3 is 0 Å². The Morgan fingerprint density at radius 1 is 1.00 bits per heavy atom. The number of methoxy groups -OCH3 is 1. The Morgan fingerprint density at radius 3 is 2.33 bits per heavy atom. The first-order chi connectivity index (χ1) is 8.81. The molecule has 0 aromatic rings. The highest BCUT2D eigenvalue weighted by Gasteiger charge is 1.99. The van der Waals surface area contributed by atoms with Crippen molar-refractivity contribution in [2.24, 2.45) is 5.73 Å². The normalized spacial score (nSPS) is 10.6. The predicted octanol–water partition coefficient (Wildman–Crippen LogP) is -1.24. The molecule has 0 aromatic carbocycles. The summed E-state index contributed by atoms with van der Waals surface area (Å²) in [6, 6.07) is 0. The van der Waals surface area contributed by atoms with Crippen LogP contribution in [0.4, 0.5) is 0 Å². The van der Waals surface area contributed by atoms with Crippen molar-refractivity contribution in [3.8, 4) is 0 Å². The molecule has 108 valence electrons. The maximum Gasteiger partial charge on any atom is 0.246 e. The van der Waals surface area contributed by atoms with Crippen molar-refractivity contribution in [2.45, 2.75) is 0 Å². The van der Waals surface area contributed by atoms with Crippen LogP contribution >= 0.6 is 0 Å². The van der Waals surface area contributed by atoms with Crippen LogP contribution in [0.3, 0.4) is 0 Å². The Bertz CT molecular complexity index is 192. The standard InChI is InChI=1S/C11H24N2O5/c1-15-6-7-18-10-11(14)13-3-5-17-9-8-16-4-2-12/h2-10,12H2,1H3,(H,13,14). The first-order valence-electron chi connectivity index (χ1n) is 6.00. The van der Waals surface area contributed by atoms with Gasteiger partial charge in [-0.2, -0.15) is 0 Å². The minimum absolute atomic E-state index is 0.0446. The molecule has 0 spiro atoms. The van der Waals surface area contributed by atoms with Crippen molar-refractivity contribution in [3.05, 3.63) is 0 Å². The molecule has 0 radical (unpaired) electrons. The number of carbonyl (C=O) groups is 1. The third kappa shape index (κ3) is 13.3. The van der Waals surface area contributed by atoms with E-state index in [2.05, 4.69) is 5.32 Å². The van der Waals surface area contributed by atoms with Crippen molar-refractivity contribution in [1.29, 1.82) is 0 Å². The maximum atomic E-state index is 11.2. The number of hydrogen-bond acceptors (Lipinski definition) is 6. The summed E-state index contributed by atoms with van der Waals surface area (Å²) >= 11 is 0. The Labute approximate surface area is 108 Å². The van der Waals surface area contributed by atoms with Gasteiger partial charge in [0.25, 0.3) is 0 Å². The lowest BCUT2D eigenvalue weighted by Crippen LogP contribution is -2.31. The van der Waals surface area contributed by atoms with E-state index in [9.17, 15) is 4.79 Å². The Hall–Kier alpha value is -0.730. The van der Waals surface area contributed by atoms with Crippen LogP contribution in [-0.2, 0) is 23.7 Å². The number of carbonyl (C=O) groups excluding carboxylic acids is 1. The van der Waals surface area contributed by atoms with E-state index in [0.29, 0.717) is 52.7 Å². The van der Waals surface area contributed by atoms with E-state index in [1.807, 2.05) is 0 Å². The summed E-state index contributed by atoms with van der Waals surface area (Å²) in [6.07, 6.45) is 0. The van der Waals surface area contributed by atoms with E-state index < -0.39 is 0 Å². The topological polar surface area (TPSA) is 92.0 Å². The monoisotopic (exact) mass is 264 g/mol. The van der Waals surface area contributed by atoms with Gasteiger partial charge in [0.05, 0.1) is 39.6 Å². The molecule has 0 fully saturated rings. The average molecular weight is 264 g/mol. The molecular weight excluding hydrogens is 240 g/mol. The molecular formula is C11H24N2O5. The number of ether oxygens (including phenoxy) is 4. The fraction of sp³-hybridized carbons (Fsp3) is 0.909. The number of nitrogens with two attached hydrogens (primary N) is 1. The highest BCUT2D eigenvalue weighted by atomic mass is 16.5. The van der Waals surface area contributed by atoms with Gasteiger partial charge in [-0.15, -0.1) is 0 Å². The second kappa shape index (κ2) is 14.3. The lowest BCUT2D eigenvalue weighted by molar-refractivity contribution is -0.126. The number of rotatable bonds is 13. The molecule has 0 atom stereocenters. The summed E-state index contributed by atoms with van der Waals surface area (Å²) in [7, 11) is 1.58. The molecule has 0 aliphatic rings. The maximum absolute atomic E-state index is 11.2. The number of nitrogens with one attached hydrogen (secondary N) is 1. The molecule has 0 aliphatic carbocycles. The molecule has 3 N–H and O–H groups in total. The van der Waals surface area contributed by atoms with Gasteiger partial charge in [0, 0.05) is 20.2 Å². The zero-order valence-corrected chi connectivity index (χ0v) is 11.0.